The minimum atomic E-state index is -3.57. The molecule has 0 spiro atoms. The van der Waals surface area contributed by atoms with Gasteiger partial charge in [0.1, 0.15) is 5.82 Å². The fourth-order valence-corrected chi connectivity index (χ4v) is 6.11. The maximum Gasteiger partial charge on any atom is 0.243 e. The van der Waals surface area contributed by atoms with Gasteiger partial charge in [0, 0.05) is 42.3 Å². The molecule has 3 aromatic rings. The molecule has 0 saturated carbocycles. The molecule has 2 aliphatic heterocycles. The Morgan fingerprint density at radius 2 is 1.80 bits per heavy atom. The van der Waals surface area contributed by atoms with E-state index in [0.29, 0.717) is 37.9 Å². The molecule has 2 fully saturated rings. The lowest BCUT2D eigenvalue weighted by molar-refractivity contribution is -0.120. The highest BCUT2D eigenvalue weighted by molar-refractivity contribution is 7.89. The lowest BCUT2D eigenvalue weighted by Gasteiger charge is -2.33. The summed E-state index contributed by atoms with van der Waals surface area (Å²) in [6.45, 7) is 2.92. The van der Waals surface area contributed by atoms with Crippen LogP contribution in [0.1, 0.15) is 12.8 Å². The minimum absolute atomic E-state index is 0.0178. The Morgan fingerprint density at radius 1 is 1.03 bits per heavy atom. The number of hydrogen-bond acceptors (Lipinski definition) is 6. The summed E-state index contributed by atoms with van der Waals surface area (Å²) in [7, 11) is -3.57. The number of ether oxygens (including phenoxy) is 1. The van der Waals surface area contributed by atoms with Crippen LogP contribution in [0.3, 0.4) is 0 Å². The number of carbonyl (C=O) groups excluding carboxylic acids is 1. The number of hydrogen-bond donors (Lipinski definition) is 1. The summed E-state index contributed by atoms with van der Waals surface area (Å²) in [6.07, 6.45) is 1.70. The molecule has 1 N–H and O–H groups in total. The zero-order valence-corrected chi connectivity index (χ0v) is 20.8. The van der Waals surface area contributed by atoms with E-state index in [2.05, 4.69) is 10.2 Å². The number of nitrogens with zero attached hydrogens (tertiary/aromatic N) is 3. The Hall–Kier alpha value is -2.72. The predicted octanol–water partition coefficient (Wildman–Crippen LogP) is 3.76. The molecule has 0 radical (unpaired) electrons. The fourth-order valence-electron chi connectivity index (χ4n) is 4.54. The molecule has 2 aromatic carbocycles. The SMILES string of the molecule is O=C(Nc1ccc(Cl)cc1)[C@H]1CCCN(c2ccc3cc(S(=O)(=O)N4CCOCC4)ccc3n2)C1. The van der Waals surface area contributed by atoms with Crippen molar-refractivity contribution in [3.05, 3.63) is 59.6 Å². The van der Waals surface area contributed by atoms with Crippen LogP contribution in [0.2, 0.25) is 5.02 Å². The van der Waals surface area contributed by atoms with Gasteiger partial charge >= 0.3 is 0 Å². The molecular weight excluding hydrogens is 488 g/mol. The summed E-state index contributed by atoms with van der Waals surface area (Å²) in [5.74, 6) is 0.610. The zero-order chi connectivity index (χ0) is 24.4. The maximum absolute atomic E-state index is 13.0. The first kappa shape index (κ1) is 24.0. The number of piperidine rings is 1. The van der Waals surface area contributed by atoms with Gasteiger partial charge < -0.3 is 15.0 Å². The van der Waals surface area contributed by atoms with Gasteiger partial charge in [0.25, 0.3) is 0 Å². The van der Waals surface area contributed by atoms with Crippen molar-refractivity contribution in [3.8, 4) is 0 Å². The van der Waals surface area contributed by atoms with Crippen LogP contribution in [0.5, 0.6) is 0 Å². The third-order valence-electron chi connectivity index (χ3n) is 6.48. The molecule has 2 aliphatic rings. The van der Waals surface area contributed by atoms with Crippen molar-refractivity contribution in [3.63, 3.8) is 0 Å². The smallest absolute Gasteiger partial charge is 0.243 e. The second kappa shape index (κ2) is 10.1. The van der Waals surface area contributed by atoms with Crippen molar-refractivity contribution >= 4 is 49.9 Å². The number of carbonyl (C=O) groups is 1. The first-order chi connectivity index (χ1) is 16.9. The van der Waals surface area contributed by atoms with Gasteiger partial charge in [-0.05, 0) is 67.4 Å². The number of pyridine rings is 1. The molecule has 0 unspecified atom stereocenters. The molecular formula is C25H27ClN4O4S. The number of rotatable bonds is 5. The third-order valence-corrected chi connectivity index (χ3v) is 8.63. The van der Waals surface area contributed by atoms with Crippen LogP contribution in [0.25, 0.3) is 10.9 Å². The Morgan fingerprint density at radius 3 is 2.57 bits per heavy atom. The van der Waals surface area contributed by atoms with E-state index in [-0.39, 0.29) is 16.7 Å². The first-order valence-corrected chi connectivity index (χ1v) is 13.5. The van der Waals surface area contributed by atoms with Crippen LogP contribution in [0, 0.1) is 5.92 Å². The van der Waals surface area contributed by atoms with E-state index < -0.39 is 10.0 Å². The van der Waals surface area contributed by atoms with E-state index in [4.69, 9.17) is 21.3 Å². The van der Waals surface area contributed by atoms with E-state index in [1.807, 2.05) is 12.1 Å². The van der Waals surface area contributed by atoms with E-state index >= 15 is 0 Å². The topological polar surface area (TPSA) is 91.8 Å². The van der Waals surface area contributed by atoms with Crippen LogP contribution in [0.4, 0.5) is 11.5 Å². The highest BCUT2D eigenvalue weighted by Crippen LogP contribution is 2.27. The molecule has 1 amide bonds. The van der Waals surface area contributed by atoms with Gasteiger partial charge in [0.15, 0.2) is 0 Å². The number of nitrogens with one attached hydrogen (secondary N) is 1. The lowest BCUT2D eigenvalue weighted by atomic mass is 9.97. The van der Waals surface area contributed by atoms with Gasteiger partial charge in [0.2, 0.25) is 15.9 Å². The highest BCUT2D eigenvalue weighted by Gasteiger charge is 2.28. The third kappa shape index (κ3) is 5.28. The quantitative estimate of drug-likeness (QED) is 0.557. The van der Waals surface area contributed by atoms with Crippen molar-refractivity contribution < 1.29 is 17.9 Å². The zero-order valence-electron chi connectivity index (χ0n) is 19.2. The van der Waals surface area contributed by atoms with Crippen molar-refractivity contribution in [2.75, 3.05) is 49.6 Å². The molecule has 1 aromatic heterocycles. The van der Waals surface area contributed by atoms with Crippen LogP contribution in [0.15, 0.2) is 59.5 Å². The Labute approximate surface area is 209 Å². The molecule has 3 heterocycles. The second-order valence-corrected chi connectivity index (χ2v) is 11.2. The summed E-state index contributed by atoms with van der Waals surface area (Å²) in [4.78, 5) is 20.0. The summed E-state index contributed by atoms with van der Waals surface area (Å²) < 4.78 is 32.7. The molecule has 1 atom stereocenters. The largest absolute Gasteiger partial charge is 0.379 e. The Kier molecular flexibility index (Phi) is 6.93. The summed E-state index contributed by atoms with van der Waals surface area (Å²) in [5.41, 5.74) is 1.44. The number of benzene rings is 2. The lowest BCUT2D eigenvalue weighted by Crippen LogP contribution is -2.41. The van der Waals surface area contributed by atoms with Crippen molar-refractivity contribution in [1.29, 1.82) is 0 Å². The number of halogens is 1. The van der Waals surface area contributed by atoms with E-state index in [1.54, 1.807) is 42.5 Å². The Bertz CT molecular complexity index is 1330. The van der Waals surface area contributed by atoms with Gasteiger partial charge in [0.05, 0.1) is 29.5 Å². The van der Waals surface area contributed by atoms with Crippen molar-refractivity contribution in [2.45, 2.75) is 17.7 Å². The fraction of sp³-hybridized carbons (Fsp3) is 0.360. The average Bonchev–Trinajstić information content (AvgIpc) is 2.90. The summed E-state index contributed by atoms with van der Waals surface area (Å²) in [5, 5.41) is 4.36. The van der Waals surface area contributed by atoms with Crippen molar-refractivity contribution in [2.24, 2.45) is 5.92 Å². The van der Waals surface area contributed by atoms with Gasteiger partial charge in [-0.2, -0.15) is 4.31 Å². The van der Waals surface area contributed by atoms with E-state index in [0.717, 1.165) is 41.8 Å². The Balaban J connectivity index is 1.30. The maximum atomic E-state index is 13.0. The standard InChI is InChI=1S/C25H27ClN4O4S/c26-20-4-6-21(7-5-20)27-25(31)19-2-1-11-29(17-19)24-10-3-18-16-22(8-9-23(18)28-24)35(32,33)30-12-14-34-15-13-30/h3-10,16,19H,1-2,11-15,17H2,(H,27,31)/t19-/m0/s1. The second-order valence-electron chi connectivity index (χ2n) is 8.82. The molecule has 0 bridgehead atoms. The summed E-state index contributed by atoms with van der Waals surface area (Å²) >= 11 is 5.93. The molecule has 8 nitrogen and oxygen atoms in total. The van der Waals surface area contributed by atoms with Crippen LogP contribution >= 0.6 is 11.6 Å². The van der Waals surface area contributed by atoms with Crippen LogP contribution in [-0.2, 0) is 19.6 Å². The summed E-state index contributed by atoms with van der Waals surface area (Å²) in [6, 6.07) is 15.9. The van der Waals surface area contributed by atoms with Crippen LogP contribution < -0.4 is 10.2 Å². The van der Waals surface area contributed by atoms with Gasteiger partial charge in [-0.15, -0.1) is 0 Å². The molecule has 35 heavy (non-hydrogen) atoms. The molecule has 184 valence electrons. The van der Waals surface area contributed by atoms with E-state index in [9.17, 15) is 13.2 Å². The molecule has 2 saturated heterocycles. The monoisotopic (exact) mass is 514 g/mol. The van der Waals surface area contributed by atoms with Crippen molar-refractivity contribution in [1.82, 2.24) is 9.29 Å². The van der Waals surface area contributed by atoms with Gasteiger partial charge in [-0.3, -0.25) is 4.79 Å². The first-order valence-electron chi connectivity index (χ1n) is 11.7. The number of fused-ring (bicyclic) bond motifs is 1. The predicted molar refractivity (Wildman–Crippen MR) is 136 cm³/mol. The molecule has 10 heteroatoms. The number of aromatic nitrogens is 1. The average molecular weight is 515 g/mol. The molecule has 5 rings (SSSR count). The minimum Gasteiger partial charge on any atom is -0.379 e. The normalized spacial score (nSPS) is 19.6. The number of morpholine rings is 1. The number of amides is 1. The van der Waals surface area contributed by atoms with Crippen LogP contribution in [-0.4, -0.2) is 63.0 Å². The number of sulfonamides is 1. The van der Waals surface area contributed by atoms with Gasteiger partial charge in [-0.1, -0.05) is 11.6 Å². The van der Waals surface area contributed by atoms with E-state index in [1.165, 1.54) is 4.31 Å². The van der Waals surface area contributed by atoms with Gasteiger partial charge in [-0.25, -0.2) is 13.4 Å². The highest BCUT2D eigenvalue weighted by atomic mass is 35.5. The molecule has 0 aliphatic carbocycles. The number of anilines is 2.